The van der Waals surface area contributed by atoms with Crippen molar-refractivity contribution >= 4 is 5.82 Å². The van der Waals surface area contributed by atoms with Gasteiger partial charge in [-0.2, -0.15) is 5.10 Å². The molecule has 0 radical (unpaired) electrons. The summed E-state index contributed by atoms with van der Waals surface area (Å²) in [5, 5.41) is 4.15. The highest BCUT2D eigenvalue weighted by molar-refractivity contribution is 5.42. The fourth-order valence-electron chi connectivity index (χ4n) is 1.52. The minimum atomic E-state index is -0.151. The Bertz CT molecular complexity index is 578. The third-order valence-corrected chi connectivity index (χ3v) is 2.35. The van der Waals surface area contributed by atoms with Crippen molar-refractivity contribution in [2.24, 2.45) is 5.84 Å². The highest BCUT2D eigenvalue weighted by atomic mass is 16.1. The Morgan fingerprint density at radius 1 is 1.41 bits per heavy atom. The number of hydrogen-bond donors (Lipinski definition) is 2. The number of rotatable bonds is 3. The summed E-state index contributed by atoms with van der Waals surface area (Å²) in [5.41, 5.74) is 3.95. The average Bonchev–Trinajstić information content (AvgIpc) is 2.34. The Balaban J connectivity index is 2.37. The second-order valence-corrected chi connectivity index (χ2v) is 3.63. The van der Waals surface area contributed by atoms with E-state index in [1.165, 1.54) is 10.7 Å². The van der Waals surface area contributed by atoms with Crippen molar-refractivity contribution in [3.05, 3.63) is 52.1 Å². The molecule has 3 N–H and O–H groups in total. The maximum absolute atomic E-state index is 11.6. The summed E-state index contributed by atoms with van der Waals surface area (Å²) in [6.45, 7) is 2.18. The van der Waals surface area contributed by atoms with E-state index in [1.54, 1.807) is 18.3 Å². The predicted octanol–water partition coefficient (Wildman–Crippen LogP) is 0.281. The van der Waals surface area contributed by atoms with Gasteiger partial charge in [0.2, 0.25) is 0 Å². The molecule has 0 unspecified atom stereocenters. The molecule has 0 aliphatic heterocycles. The van der Waals surface area contributed by atoms with Crippen LogP contribution >= 0.6 is 0 Å². The second-order valence-electron chi connectivity index (χ2n) is 3.63. The summed E-state index contributed by atoms with van der Waals surface area (Å²) in [4.78, 5) is 15.7. The molecule has 2 aromatic heterocycles. The minimum absolute atomic E-state index is 0.151. The van der Waals surface area contributed by atoms with Gasteiger partial charge in [-0.25, -0.2) is 15.5 Å². The van der Waals surface area contributed by atoms with Crippen LogP contribution in [0.4, 0.5) is 5.82 Å². The van der Waals surface area contributed by atoms with Crippen LogP contribution in [0.5, 0.6) is 0 Å². The molecular formula is C11H13N5O. The first-order valence-corrected chi connectivity index (χ1v) is 5.16. The zero-order valence-corrected chi connectivity index (χ0v) is 9.42. The van der Waals surface area contributed by atoms with Crippen molar-refractivity contribution in [2.75, 3.05) is 5.43 Å². The van der Waals surface area contributed by atoms with Crippen molar-refractivity contribution in [3.63, 3.8) is 0 Å². The maximum atomic E-state index is 11.6. The topological polar surface area (TPSA) is 85.8 Å². The standard InChI is InChI=1S/C11H13N5O/c1-8-4-5-10(17)16(15-8)7-9-3-2-6-13-11(9)14-12/h2-6H,7,12H2,1H3,(H,13,14). The quantitative estimate of drug-likeness (QED) is 0.585. The zero-order chi connectivity index (χ0) is 12.3. The van der Waals surface area contributed by atoms with Crippen LogP contribution in [0.25, 0.3) is 0 Å². The Kier molecular flexibility index (Phi) is 3.15. The number of aryl methyl sites for hydroxylation is 1. The lowest BCUT2D eigenvalue weighted by molar-refractivity contribution is 0.628. The highest BCUT2D eigenvalue weighted by Gasteiger charge is 2.04. The average molecular weight is 231 g/mol. The van der Waals surface area contributed by atoms with Crippen LogP contribution < -0.4 is 16.8 Å². The van der Waals surface area contributed by atoms with Crippen LogP contribution in [0, 0.1) is 6.92 Å². The van der Waals surface area contributed by atoms with Crippen LogP contribution in [-0.4, -0.2) is 14.8 Å². The van der Waals surface area contributed by atoms with Gasteiger partial charge < -0.3 is 5.43 Å². The van der Waals surface area contributed by atoms with Gasteiger partial charge in [-0.15, -0.1) is 0 Å². The molecule has 0 atom stereocenters. The molecule has 2 heterocycles. The third-order valence-electron chi connectivity index (χ3n) is 2.35. The molecule has 2 rings (SSSR count). The molecule has 0 saturated carbocycles. The molecule has 0 fully saturated rings. The van der Waals surface area contributed by atoms with E-state index in [1.807, 2.05) is 13.0 Å². The summed E-state index contributed by atoms with van der Waals surface area (Å²) >= 11 is 0. The van der Waals surface area contributed by atoms with Gasteiger partial charge >= 0.3 is 0 Å². The Morgan fingerprint density at radius 2 is 2.24 bits per heavy atom. The van der Waals surface area contributed by atoms with Crippen molar-refractivity contribution in [1.82, 2.24) is 14.8 Å². The lowest BCUT2D eigenvalue weighted by atomic mass is 10.2. The smallest absolute Gasteiger partial charge is 0.267 e. The van der Waals surface area contributed by atoms with E-state index in [0.29, 0.717) is 12.4 Å². The second kappa shape index (κ2) is 4.75. The van der Waals surface area contributed by atoms with E-state index in [0.717, 1.165) is 11.3 Å². The molecule has 6 heteroatoms. The van der Waals surface area contributed by atoms with Gasteiger partial charge in [-0.05, 0) is 19.1 Å². The van der Waals surface area contributed by atoms with Crippen LogP contribution in [0.15, 0.2) is 35.3 Å². The number of nitrogens with zero attached hydrogens (tertiary/aromatic N) is 3. The highest BCUT2D eigenvalue weighted by Crippen LogP contribution is 2.10. The molecule has 2 aromatic rings. The van der Waals surface area contributed by atoms with Gasteiger partial charge in [0, 0.05) is 17.8 Å². The molecule has 88 valence electrons. The van der Waals surface area contributed by atoms with Crippen LogP contribution in [0.3, 0.4) is 0 Å². The summed E-state index contributed by atoms with van der Waals surface area (Å²) in [6.07, 6.45) is 1.63. The Hall–Kier alpha value is -2.21. The lowest BCUT2D eigenvalue weighted by Crippen LogP contribution is -2.24. The number of anilines is 1. The van der Waals surface area contributed by atoms with Crippen LogP contribution in [-0.2, 0) is 6.54 Å². The van der Waals surface area contributed by atoms with E-state index in [9.17, 15) is 4.79 Å². The number of nitrogens with one attached hydrogen (secondary N) is 1. The number of aromatic nitrogens is 3. The fourth-order valence-corrected chi connectivity index (χ4v) is 1.52. The molecule has 0 saturated heterocycles. The van der Waals surface area contributed by atoms with Crippen molar-refractivity contribution in [3.8, 4) is 0 Å². The molecule has 0 bridgehead atoms. The number of hydrazine groups is 1. The van der Waals surface area contributed by atoms with Crippen molar-refractivity contribution in [1.29, 1.82) is 0 Å². The molecular weight excluding hydrogens is 218 g/mol. The number of hydrogen-bond acceptors (Lipinski definition) is 5. The van der Waals surface area contributed by atoms with E-state index in [4.69, 9.17) is 5.84 Å². The van der Waals surface area contributed by atoms with E-state index in [2.05, 4.69) is 15.5 Å². The minimum Gasteiger partial charge on any atom is -0.308 e. The Labute approximate surface area is 98.1 Å². The largest absolute Gasteiger partial charge is 0.308 e. The first-order valence-electron chi connectivity index (χ1n) is 5.16. The maximum Gasteiger partial charge on any atom is 0.267 e. The van der Waals surface area contributed by atoms with Gasteiger partial charge in [0.15, 0.2) is 0 Å². The molecule has 6 nitrogen and oxygen atoms in total. The zero-order valence-electron chi connectivity index (χ0n) is 9.42. The van der Waals surface area contributed by atoms with Gasteiger partial charge in [0.05, 0.1) is 12.2 Å². The molecule has 0 aromatic carbocycles. The predicted molar refractivity (Wildman–Crippen MR) is 64.4 cm³/mol. The number of nitrogens with two attached hydrogens (primary N) is 1. The number of nitrogen functional groups attached to an aromatic ring is 1. The SMILES string of the molecule is Cc1ccc(=O)n(Cc2cccnc2NN)n1. The molecule has 0 aliphatic carbocycles. The lowest BCUT2D eigenvalue weighted by Gasteiger charge is -2.08. The monoisotopic (exact) mass is 231 g/mol. The van der Waals surface area contributed by atoms with Crippen molar-refractivity contribution in [2.45, 2.75) is 13.5 Å². The molecule has 0 spiro atoms. The van der Waals surface area contributed by atoms with Gasteiger partial charge in [-0.1, -0.05) is 6.07 Å². The first-order chi connectivity index (χ1) is 8.20. The van der Waals surface area contributed by atoms with E-state index >= 15 is 0 Å². The first kappa shape index (κ1) is 11.3. The van der Waals surface area contributed by atoms with Gasteiger partial charge in [-0.3, -0.25) is 4.79 Å². The fraction of sp³-hybridized carbons (Fsp3) is 0.182. The molecule has 17 heavy (non-hydrogen) atoms. The summed E-state index contributed by atoms with van der Waals surface area (Å²) in [5.74, 6) is 5.90. The molecule has 0 amide bonds. The van der Waals surface area contributed by atoms with Crippen molar-refractivity contribution < 1.29 is 0 Å². The number of pyridine rings is 1. The normalized spacial score (nSPS) is 10.2. The van der Waals surface area contributed by atoms with Gasteiger partial charge in [0.25, 0.3) is 5.56 Å². The van der Waals surface area contributed by atoms with Gasteiger partial charge in [0.1, 0.15) is 5.82 Å². The third kappa shape index (κ3) is 2.48. The van der Waals surface area contributed by atoms with E-state index < -0.39 is 0 Å². The van der Waals surface area contributed by atoms with Crippen LogP contribution in [0.1, 0.15) is 11.3 Å². The summed E-state index contributed by atoms with van der Waals surface area (Å²) < 4.78 is 1.38. The van der Waals surface area contributed by atoms with E-state index in [-0.39, 0.29) is 5.56 Å². The molecule has 0 aliphatic rings. The summed E-state index contributed by atoms with van der Waals surface area (Å²) in [7, 11) is 0. The summed E-state index contributed by atoms with van der Waals surface area (Å²) in [6, 6.07) is 6.81. The van der Waals surface area contributed by atoms with Crippen LogP contribution in [0.2, 0.25) is 0 Å². The Morgan fingerprint density at radius 3 is 3.00 bits per heavy atom.